The van der Waals surface area contributed by atoms with E-state index in [0.717, 1.165) is 12.1 Å². The zero-order valence-electron chi connectivity index (χ0n) is 13.5. The van der Waals surface area contributed by atoms with Crippen molar-refractivity contribution < 1.29 is 19.4 Å². The highest BCUT2D eigenvalue weighted by Gasteiger charge is 2.33. The molecule has 2 heterocycles. The lowest BCUT2D eigenvalue weighted by molar-refractivity contribution is -0.117. The lowest BCUT2D eigenvalue weighted by Crippen LogP contribution is -2.37. The molecule has 126 valence electrons. The van der Waals surface area contributed by atoms with Crippen molar-refractivity contribution in [3.63, 3.8) is 0 Å². The number of hydrogen-bond donors (Lipinski definition) is 1. The van der Waals surface area contributed by atoms with E-state index in [1.807, 2.05) is 12.1 Å². The van der Waals surface area contributed by atoms with Gasteiger partial charge >= 0.3 is 0 Å². The summed E-state index contributed by atoms with van der Waals surface area (Å²) in [4.78, 5) is 18.0. The summed E-state index contributed by atoms with van der Waals surface area (Å²) < 4.78 is 11.0. The summed E-state index contributed by atoms with van der Waals surface area (Å²) in [6, 6.07) is 8.74. The van der Waals surface area contributed by atoms with Crippen LogP contribution in [0.2, 0.25) is 0 Å². The predicted molar refractivity (Wildman–Crippen MR) is 89.1 cm³/mol. The molecule has 1 aromatic carbocycles. The Labute approximate surface area is 140 Å². The number of phenolic OH excluding ortho intramolecular Hbond substituents is 1. The first-order valence-electron chi connectivity index (χ1n) is 7.85. The highest BCUT2D eigenvalue weighted by atomic mass is 16.5. The summed E-state index contributed by atoms with van der Waals surface area (Å²) in [6.45, 7) is 0.610. The second-order valence-electron chi connectivity index (χ2n) is 5.67. The Morgan fingerprint density at radius 1 is 1.33 bits per heavy atom. The summed E-state index contributed by atoms with van der Waals surface area (Å²) in [7, 11) is 1.57. The van der Waals surface area contributed by atoms with Gasteiger partial charge in [0.2, 0.25) is 5.91 Å². The van der Waals surface area contributed by atoms with Gasteiger partial charge in [0.05, 0.1) is 30.1 Å². The molecular formula is C18H20N2O4. The molecule has 1 unspecified atom stereocenters. The molecule has 3 rings (SSSR count). The van der Waals surface area contributed by atoms with Gasteiger partial charge in [0.25, 0.3) is 0 Å². The maximum absolute atomic E-state index is 12.2. The number of anilines is 1. The van der Waals surface area contributed by atoms with Crippen LogP contribution in [0.1, 0.15) is 18.4 Å². The average Bonchev–Trinajstić information content (AvgIpc) is 2.97. The molecule has 1 atom stereocenters. The number of methoxy groups -OCH3 is 1. The number of rotatable bonds is 6. The first-order chi connectivity index (χ1) is 11.7. The number of aromatic hydroxyl groups is 1. The van der Waals surface area contributed by atoms with Crippen molar-refractivity contribution in [3.05, 3.63) is 48.3 Å². The summed E-state index contributed by atoms with van der Waals surface area (Å²) >= 11 is 0. The summed E-state index contributed by atoms with van der Waals surface area (Å²) in [6.07, 6.45) is 4.58. The fourth-order valence-electron chi connectivity index (χ4n) is 2.92. The van der Waals surface area contributed by atoms with Crippen LogP contribution in [0.25, 0.3) is 0 Å². The molecule has 2 aromatic rings. The number of amides is 1. The topological polar surface area (TPSA) is 71.9 Å². The number of benzene rings is 1. The van der Waals surface area contributed by atoms with Crippen molar-refractivity contribution in [3.8, 4) is 11.5 Å². The van der Waals surface area contributed by atoms with Crippen LogP contribution < -0.4 is 9.64 Å². The van der Waals surface area contributed by atoms with E-state index in [2.05, 4.69) is 4.98 Å². The van der Waals surface area contributed by atoms with Crippen LogP contribution in [-0.2, 0) is 16.1 Å². The summed E-state index contributed by atoms with van der Waals surface area (Å²) in [5.74, 6) is 0.785. The van der Waals surface area contributed by atoms with Crippen molar-refractivity contribution in [1.82, 2.24) is 4.98 Å². The van der Waals surface area contributed by atoms with Crippen LogP contribution in [0, 0.1) is 0 Å². The Morgan fingerprint density at radius 2 is 2.21 bits per heavy atom. The summed E-state index contributed by atoms with van der Waals surface area (Å²) in [5.41, 5.74) is 1.39. The van der Waals surface area contributed by atoms with E-state index in [1.54, 1.807) is 42.6 Å². The van der Waals surface area contributed by atoms with Crippen LogP contribution in [-0.4, -0.2) is 35.8 Å². The quantitative estimate of drug-likeness (QED) is 0.882. The molecular weight excluding hydrogens is 308 g/mol. The minimum atomic E-state index is -0.0561. The van der Waals surface area contributed by atoms with E-state index in [9.17, 15) is 9.90 Å². The maximum atomic E-state index is 12.2. The van der Waals surface area contributed by atoms with E-state index in [-0.39, 0.29) is 24.3 Å². The van der Waals surface area contributed by atoms with Crippen molar-refractivity contribution in [2.75, 3.05) is 18.6 Å². The number of carbonyl (C=O) groups excluding carboxylic acids is 1. The Balaban J connectivity index is 1.75. The van der Waals surface area contributed by atoms with Gasteiger partial charge in [0, 0.05) is 19.7 Å². The third-order valence-corrected chi connectivity index (χ3v) is 4.08. The first kappa shape index (κ1) is 16.3. The summed E-state index contributed by atoms with van der Waals surface area (Å²) in [5, 5.41) is 9.95. The van der Waals surface area contributed by atoms with Crippen LogP contribution in [0.4, 0.5) is 5.69 Å². The molecule has 0 bridgehead atoms. The van der Waals surface area contributed by atoms with E-state index in [0.29, 0.717) is 24.3 Å². The fraction of sp³-hybridized carbons (Fsp3) is 0.333. The zero-order chi connectivity index (χ0) is 16.9. The molecule has 1 fully saturated rings. The van der Waals surface area contributed by atoms with E-state index >= 15 is 0 Å². The Kier molecular flexibility index (Phi) is 4.96. The molecule has 1 N–H and O–H groups in total. The monoisotopic (exact) mass is 328 g/mol. The normalized spacial score (nSPS) is 17.3. The van der Waals surface area contributed by atoms with Crippen molar-refractivity contribution >= 4 is 11.6 Å². The molecule has 1 aromatic heterocycles. The molecule has 6 nitrogen and oxygen atoms in total. The van der Waals surface area contributed by atoms with Gasteiger partial charge in [0.15, 0.2) is 0 Å². The molecule has 6 heteroatoms. The first-order valence-corrected chi connectivity index (χ1v) is 7.85. The average molecular weight is 328 g/mol. The van der Waals surface area contributed by atoms with E-state index in [1.165, 1.54) is 0 Å². The second-order valence-corrected chi connectivity index (χ2v) is 5.67. The lowest BCUT2D eigenvalue weighted by Gasteiger charge is -2.25. The van der Waals surface area contributed by atoms with Crippen LogP contribution in [0.15, 0.2) is 42.7 Å². The van der Waals surface area contributed by atoms with Crippen LogP contribution in [0.3, 0.4) is 0 Å². The fourth-order valence-corrected chi connectivity index (χ4v) is 2.92. The third-order valence-electron chi connectivity index (χ3n) is 4.08. The number of phenols is 1. The number of hydrogen-bond acceptors (Lipinski definition) is 5. The van der Waals surface area contributed by atoms with Gasteiger partial charge in [0.1, 0.15) is 18.1 Å². The van der Waals surface area contributed by atoms with Crippen LogP contribution in [0.5, 0.6) is 11.5 Å². The second kappa shape index (κ2) is 7.31. The van der Waals surface area contributed by atoms with E-state index in [4.69, 9.17) is 9.47 Å². The maximum Gasteiger partial charge on any atom is 0.227 e. The number of nitrogens with zero attached hydrogens (tertiary/aromatic N) is 2. The van der Waals surface area contributed by atoms with E-state index < -0.39 is 0 Å². The van der Waals surface area contributed by atoms with Gasteiger partial charge in [-0.3, -0.25) is 9.78 Å². The van der Waals surface area contributed by atoms with Crippen molar-refractivity contribution in [1.29, 1.82) is 0 Å². The van der Waals surface area contributed by atoms with Gasteiger partial charge in [-0.05, 0) is 30.7 Å². The van der Waals surface area contributed by atoms with Crippen molar-refractivity contribution in [2.45, 2.75) is 25.5 Å². The van der Waals surface area contributed by atoms with Gasteiger partial charge < -0.3 is 19.5 Å². The molecule has 1 aliphatic rings. The minimum Gasteiger partial charge on any atom is -0.507 e. The Bertz CT molecular complexity index is 705. The molecule has 0 saturated carbocycles. The number of ether oxygens (including phenoxy) is 2. The minimum absolute atomic E-state index is 0.0561. The molecule has 0 radical (unpaired) electrons. The van der Waals surface area contributed by atoms with Gasteiger partial charge in [-0.25, -0.2) is 0 Å². The van der Waals surface area contributed by atoms with Crippen LogP contribution >= 0.6 is 0 Å². The molecule has 0 spiro atoms. The highest BCUT2D eigenvalue weighted by Crippen LogP contribution is 2.30. The largest absolute Gasteiger partial charge is 0.507 e. The number of aromatic nitrogens is 1. The number of pyridine rings is 1. The SMILES string of the molecule is COCc1c(O)cccc1OCC1CCC(=O)N1c1cccnc1. The highest BCUT2D eigenvalue weighted by molar-refractivity contribution is 5.96. The standard InChI is InChI=1S/C18H20N2O4/c1-23-12-15-16(21)5-2-6-17(15)24-11-14-7-8-18(22)20(14)13-4-3-9-19-10-13/h2-6,9-10,14,21H,7-8,11-12H2,1H3. The third kappa shape index (κ3) is 3.33. The molecule has 1 aliphatic heterocycles. The number of carbonyl (C=O) groups is 1. The Morgan fingerprint density at radius 3 is 2.96 bits per heavy atom. The predicted octanol–water partition coefficient (Wildman–Crippen LogP) is 2.51. The molecule has 1 amide bonds. The molecule has 0 aliphatic carbocycles. The zero-order valence-corrected chi connectivity index (χ0v) is 13.5. The van der Waals surface area contributed by atoms with Gasteiger partial charge in [-0.1, -0.05) is 6.07 Å². The van der Waals surface area contributed by atoms with Crippen molar-refractivity contribution in [2.24, 2.45) is 0 Å². The Hall–Kier alpha value is -2.60. The molecule has 1 saturated heterocycles. The van der Waals surface area contributed by atoms with Gasteiger partial charge in [-0.15, -0.1) is 0 Å². The smallest absolute Gasteiger partial charge is 0.227 e. The lowest BCUT2D eigenvalue weighted by atomic mass is 10.2. The molecule has 24 heavy (non-hydrogen) atoms. The van der Waals surface area contributed by atoms with Gasteiger partial charge in [-0.2, -0.15) is 0 Å².